The summed E-state index contributed by atoms with van der Waals surface area (Å²) in [5.74, 6) is 2.91. The molecule has 0 amide bonds. The molecule has 0 aromatic rings. The standard InChI is InChI=1S/C8H18O2S.Mg.2H/c1-4-11(5-2,6-3)7-8(9)10;;;/h4-7H2,1-3H3,(H,9,10);;;/q;+2;2*-1. The fourth-order valence-corrected chi connectivity index (χ4v) is 3.54. The summed E-state index contributed by atoms with van der Waals surface area (Å²) in [6, 6.07) is 0. The number of aliphatic carboxylic acids is 1. The Morgan fingerprint density at radius 1 is 1.25 bits per heavy atom. The van der Waals surface area contributed by atoms with Crippen LogP contribution in [0.15, 0.2) is 0 Å². The van der Waals surface area contributed by atoms with E-state index in [4.69, 9.17) is 5.11 Å². The maximum absolute atomic E-state index is 10.5. The Labute approximate surface area is 95.5 Å². The van der Waals surface area contributed by atoms with Crippen LogP contribution in [0.5, 0.6) is 0 Å². The topological polar surface area (TPSA) is 37.3 Å². The molecule has 0 saturated heterocycles. The van der Waals surface area contributed by atoms with Gasteiger partial charge in [0.05, 0.1) is 5.75 Å². The van der Waals surface area contributed by atoms with Gasteiger partial charge in [-0.3, -0.25) is 4.79 Å². The van der Waals surface area contributed by atoms with E-state index < -0.39 is 16.0 Å². The van der Waals surface area contributed by atoms with E-state index in [0.29, 0.717) is 5.75 Å². The van der Waals surface area contributed by atoms with Crippen LogP contribution >= 0.6 is 10.0 Å². The summed E-state index contributed by atoms with van der Waals surface area (Å²) < 4.78 is 0. The second-order valence-electron chi connectivity index (χ2n) is 2.63. The molecule has 2 nitrogen and oxygen atoms in total. The second-order valence-corrected chi connectivity index (χ2v) is 7.10. The molecule has 0 bridgehead atoms. The minimum atomic E-state index is -0.809. The molecule has 1 N–H and O–H groups in total. The zero-order valence-corrected chi connectivity index (χ0v) is 10.5. The third-order valence-electron chi connectivity index (χ3n) is 2.27. The summed E-state index contributed by atoms with van der Waals surface area (Å²) in [5, 5.41) is 8.66. The fraction of sp³-hybridized carbons (Fsp3) is 0.875. The number of carbonyl (C=O) groups is 1. The fourth-order valence-electron chi connectivity index (χ4n) is 1.18. The van der Waals surface area contributed by atoms with Crippen molar-refractivity contribution in [3.05, 3.63) is 0 Å². The van der Waals surface area contributed by atoms with Crippen LogP contribution in [0.2, 0.25) is 0 Å². The molecule has 0 saturated carbocycles. The molecule has 0 aliphatic rings. The van der Waals surface area contributed by atoms with Crippen LogP contribution in [-0.4, -0.2) is 57.1 Å². The third-order valence-corrected chi connectivity index (χ3v) is 6.80. The molecule has 0 aliphatic carbocycles. The van der Waals surface area contributed by atoms with E-state index in [2.05, 4.69) is 20.8 Å². The Hall–Kier alpha value is 0.586. The Morgan fingerprint density at radius 3 is 1.67 bits per heavy atom. The van der Waals surface area contributed by atoms with Gasteiger partial charge in [0.1, 0.15) is 0 Å². The second kappa shape index (κ2) is 7.03. The Morgan fingerprint density at radius 2 is 1.58 bits per heavy atom. The van der Waals surface area contributed by atoms with Crippen molar-refractivity contribution in [1.29, 1.82) is 0 Å². The minimum absolute atomic E-state index is 0. The Balaban J connectivity index is -0.000000167. The Kier molecular flexibility index (Phi) is 8.84. The smallest absolute Gasteiger partial charge is 1.00 e. The van der Waals surface area contributed by atoms with Crippen molar-refractivity contribution in [3.63, 3.8) is 0 Å². The van der Waals surface area contributed by atoms with Gasteiger partial charge in [0.25, 0.3) is 0 Å². The van der Waals surface area contributed by atoms with Gasteiger partial charge in [0.2, 0.25) is 0 Å². The first-order valence-corrected chi connectivity index (χ1v) is 6.37. The van der Waals surface area contributed by atoms with Gasteiger partial charge in [-0.1, -0.05) is 20.8 Å². The predicted molar refractivity (Wildman–Crippen MR) is 59.7 cm³/mol. The number of hydrogen-bond donors (Lipinski definition) is 1. The summed E-state index contributed by atoms with van der Waals surface area (Å²) in [4.78, 5) is 10.5. The molecule has 0 radical (unpaired) electrons. The molecule has 0 spiro atoms. The zero-order chi connectivity index (χ0) is 8.91. The summed E-state index contributed by atoms with van der Waals surface area (Å²) in [5.41, 5.74) is 0. The Bertz CT molecular complexity index is 135. The van der Waals surface area contributed by atoms with Crippen molar-refractivity contribution < 1.29 is 12.8 Å². The number of carboxylic acid groups (broad SMARTS) is 1. The molecule has 0 unspecified atom stereocenters. The average Bonchev–Trinajstić information content (AvgIpc) is 2.00. The van der Waals surface area contributed by atoms with E-state index in [-0.39, 0.29) is 25.9 Å². The maximum atomic E-state index is 10.5. The maximum Gasteiger partial charge on any atom is 2.00 e. The van der Waals surface area contributed by atoms with Gasteiger partial charge in [-0.2, -0.15) is 0 Å². The van der Waals surface area contributed by atoms with Gasteiger partial charge in [-0.15, -0.1) is 0 Å². The van der Waals surface area contributed by atoms with Gasteiger partial charge < -0.3 is 7.96 Å². The summed E-state index contributed by atoms with van der Waals surface area (Å²) in [6.07, 6.45) is 0. The van der Waals surface area contributed by atoms with Gasteiger partial charge >= 0.3 is 29.0 Å². The van der Waals surface area contributed by atoms with Crippen LogP contribution in [0.25, 0.3) is 0 Å². The summed E-state index contributed by atoms with van der Waals surface area (Å²) in [7, 11) is -0.809. The molecular formula is C8H20MgO2S. The van der Waals surface area contributed by atoms with Crippen LogP contribution in [0.1, 0.15) is 23.6 Å². The molecule has 0 heterocycles. The van der Waals surface area contributed by atoms with Crippen LogP contribution in [0.3, 0.4) is 0 Å². The molecule has 0 rings (SSSR count). The minimum Gasteiger partial charge on any atom is -1.00 e. The predicted octanol–water partition coefficient (Wildman–Crippen LogP) is 1.78. The normalized spacial score (nSPS) is 11.9. The first-order valence-electron chi connectivity index (χ1n) is 4.06. The van der Waals surface area contributed by atoms with Crippen molar-refractivity contribution >= 4 is 39.1 Å². The monoisotopic (exact) mass is 204 g/mol. The molecule has 0 fully saturated rings. The number of hydrogen-bond acceptors (Lipinski definition) is 1. The van der Waals surface area contributed by atoms with E-state index in [1.165, 1.54) is 0 Å². The number of carboxylic acids is 1. The van der Waals surface area contributed by atoms with Crippen molar-refractivity contribution in [1.82, 2.24) is 0 Å². The van der Waals surface area contributed by atoms with E-state index in [0.717, 1.165) is 17.3 Å². The van der Waals surface area contributed by atoms with E-state index >= 15 is 0 Å². The van der Waals surface area contributed by atoms with Crippen LogP contribution in [0.4, 0.5) is 0 Å². The molecule has 0 atom stereocenters. The summed E-state index contributed by atoms with van der Waals surface area (Å²) in [6.45, 7) is 6.31. The molecular weight excluding hydrogens is 184 g/mol. The quantitative estimate of drug-likeness (QED) is 0.694. The number of rotatable bonds is 5. The molecule has 0 aliphatic heterocycles. The zero-order valence-electron chi connectivity index (χ0n) is 10.3. The van der Waals surface area contributed by atoms with E-state index in [9.17, 15) is 4.79 Å². The van der Waals surface area contributed by atoms with E-state index in [1.54, 1.807) is 0 Å². The van der Waals surface area contributed by atoms with Crippen molar-refractivity contribution in [2.45, 2.75) is 20.8 Å². The van der Waals surface area contributed by atoms with Crippen LogP contribution < -0.4 is 0 Å². The molecule has 0 aromatic carbocycles. The van der Waals surface area contributed by atoms with Crippen molar-refractivity contribution in [3.8, 4) is 0 Å². The van der Waals surface area contributed by atoms with Gasteiger partial charge in [-0.05, 0) is 17.3 Å². The van der Waals surface area contributed by atoms with Gasteiger partial charge in [0, 0.05) is 0 Å². The van der Waals surface area contributed by atoms with Crippen LogP contribution in [0, 0.1) is 0 Å². The third kappa shape index (κ3) is 4.57. The molecule has 4 heteroatoms. The largest absolute Gasteiger partial charge is 2.00 e. The van der Waals surface area contributed by atoms with Gasteiger partial charge in [-0.25, -0.2) is 10.0 Å². The summed E-state index contributed by atoms with van der Waals surface area (Å²) >= 11 is 0. The SMILES string of the molecule is CCS(CC)(CC)CC(=O)O.[H-].[H-].[Mg+2]. The van der Waals surface area contributed by atoms with Crippen molar-refractivity contribution in [2.75, 3.05) is 23.0 Å². The molecule has 12 heavy (non-hydrogen) atoms. The first kappa shape index (κ1) is 15.1. The first-order chi connectivity index (χ1) is 5.10. The van der Waals surface area contributed by atoms with E-state index in [1.807, 2.05) is 0 Å². The molecule has 0 aromatic heterocycles. The van der Waals surface area contributed by atoms with Crippen LogP contribution in [-0.2, 0) is 4.79 Å². The van der Waals surface area contributed by atoms with Gasteiger partial charge in [0.15, 0.2) is 0 Å². The molecule has 72 valence electrons. The van der Waals surface area contributed by atoms with Crippen molar-refractivity contribution in [2.24, 2.45) is 0 Å². The average molecular weight is 205 g/mol.